The standard InChI is InChI=1S/C25H32N2O4/c1-19(12-20-2-5-24-25(14-20)31-18-30-24)15-27-8-11-29-23-4-3-21(13-22(23)17-27)16-26-6-9-28-10-7-26/h2-5,13-14,19H,6-12,15-18H2,1H3. The minimum atomic E-state index is 0.328. The maximum atomic E-state index is 6.07. The van der Waals surface area contributed by atoms with Gasteiger partial charge in [0.05, 0.1) is 13.2 Å². The van der Waals surface area contributed by atoms with E-state index in [1.54, 1.807) is 0 Å². The van der Waals surface area contributed by atoms with Gasteiger partial charge in [0.2, 0.25) is 6.79 Å². The summed E-state index contributed by atoms with van der Waals surface area (Å²) in [5.41, 5.74) is 3.97. The van der Waals surface area contributed by atoms with Crippen LogP contribution in [0.3, 0.4) is 0 Å². The van der Waals surface area contributed by atoms with Crippen LogP contribution in [0, 0.1) is 5.92 Å². The Kier molecular flexibility index (Phi) is 6.30. The van der Waals surface area contributed by atoms with Gasteiger partial charge in [-0.1, -0.05) is 19.1 Å². The monoisotopic (exact) mass is 424 g/mol. The van der Waals surface area contributed by atoms with Crippen LogP contribution in [0.4, 0.5) is 0 Å². The van der Waals surface area contributed by atoms with E-state index in [4.69, 9.17) is 18.9 Å². The van der Waals surface area contributed by atoms with Crippen molar-refractivity contribution in [3.05, 3.63) is 53.1 Å². The number of morpholine rings is 1. The van der Waals surface area contributed by atoms with E-state index in [1.165, 1.54) is 16.7 Å². The van der Waals surface area contributed by atoms with Crippen LogP contribution >= 0.6 is 0 Å². The average molecular weight is 425 g/mol. The number of ether oxygens (including phenoxy) is 4. The summed E-state index contributed by atoms with van der Waals surface area (Å²) in [6, 6.07) is 13.0. The van der Waals surface area contributed by atoms with Crippen LogP contribution in [-0.2, 0) is 24.2 Å². The summed E-state index contributed by atoms with van der Waals surface area (Å²) in [7, 11) is 0. The second-order valence-electron chi connectivity index (χ2n) is 8.91. The molecule has 2 aromatic carbocycles. The zero-order valence-corrected chi connectivity index (χ0v) is 18.3. The van der Waals surface area contributed by atoms with Crippen molar-refractivity contribution >= 4 is 0 Å². The Hall–Kier alpha value is -2.28. The molecule has 166 valence electrons. The van der Waals surface area contributed by atoms with E-state index in [2.05, 4.69) is 47.1 Å². The first kappa shape index (κ1) is 20.6. The Labute approximate surface area is 184 Å². The van der Waals surface area contributed by atoms with Crippen LogP contribution in [0.2, 0.25) is 0 Å². The average Bonchev–Trinajstić information content (AvgIpc) is 3.14. The van der Waals surface area contributed by atoms with Crippen LogP contribution in [-0.4, -0.2) is 62.6 Å². The molecule has 0 amide bonds. The van der Waals surface area contributed by atoms with Crippen molar-refractivity contribution < 1.29 is 18.9 Å². The van der Waals surface area contributed by atoms with E-state index in [0.717, 1.165) is 82.8 Å². The highest BCUT2D eigenvalue weighted by molar-refractivity contribution is 5.44. The van der Waals surface area contributed by atoms with E-state index >= 15 is 0 Å². The first-order valence-electron chi connectivity index (χ1n) is 11.4. The molecule has 0 aliphatic carbocycles. The van der Waals surface area contributed by atoms with Gasteiger partial charge in [0.1, 0.15) is 12.4 Å². The molecule has 0 radical (unpaired) electrons. The Bertz CT molecular complexity index is 897. The van der Waals surface area contributed by atoms with Gasteiger partial charge >= 0.3 is 0 Å². The quantitative estimate of drug-likeness (QED) is 0.709. The van der Waals surface area contributed by atoms with Crippen molar-refractivity contribution in [1.82, 2.24) is 9.80 Å². The first-order chi connectivity index (χ1) is 15.2. The third-order valence-electron chi connectivity index (χ3n) is 6.28. The van der Waals surface area contributed by atoms with Crippen molar-refractivity contribution in [2.75, 3.05) is 52.8 Å². The molecule has 1 saturated heterocycles. The molecule has 1 atom stereocenters. The molecule has 6 heteroatoms. The molecule has 1 fully saturated rings. The molecule has 3 aliphatic heterocycles. The molecule has 5 rings (SSSR count). The Morgan fingerprint density at radius 3 is 2.48 bits per heavy atom. The molecule has 0 N–H and O–H groups in total. The normalized spacial score (nSPS) is 20.0. The highest BCUT2D eigenvalue weighted by atomic mass is 16.7. The molecule has 31 heavy (non-hydrogen) atoms. The smallest absolute Gasteiger partial charge is 0.231 e. The number of hydrogen-bond donors (Lipinski definition) is 0. The van der Waals surface area contributed by atoms with Gasteiger partial charge in [0, 0.05) is 44.8 Å². The topological polar surface area (TPSA) is 43.4 Å². The van der Waals surface area contributed by atoms with Crippen molar-refractivity contribution in [3.8, 4) is 17.2 Å². The zero-order chi connectivity index (χ0) is 21.0. The second-order valence-corrected chi connectivity index (χ2v) is 8.91. The van der Waals surface area contributed by atoms with Gasteiger partial charge in [-0.05, 0) is 47.7 Å². The summed E-state index contributed by atoms with van der Waals surface area (Å²) < 4.78 is 22.5. The summed E-state index contributed by atoms with van der Waals surface area (Å²) >= 11 is 0. The fraction of sp³-hybridized carbons (Fsp3) is 0.520. The molecule has 2 aromatic rings. The number of nitrogens with zero attached hydrogens (tertiary/aromatic N) is 2. The lowest BCUT2D eigenvalue weighted by Gasteiger charge is -2.27. The Morgan fingerprint density at radius 1 is 0.806 bits per heavy atom. The fourth-order valence-electron chi connectivity index (χ4n) is 4.75. The minimum absolute atomic E-state index is 0.328. The Morgan fingerprint density at radius 2 is 1.58 bits per heavy atom. The predicted octanol–water partition coefficient (Wildman–Crippen LogP) is 3.32. The number of fused-ring (bicyclic) bond motifs is 2. The maximum absolute atomic E-state index is 6.07. The highest BCUT2D eigenvalue weighted by Crippen LogP contribution is 2.33. The molecule has 0 aromatic heterocycles. The van der Waals surface area contributed by atoms with Crippen LogP contribution < -0.4 is 14.2 Å². The lowest BCUT2D eigenvalue weighted by molar-refractivity contribution is 0.0342. The fourth-order valence-corrected chi connectivity index (χ4v) is 4.75. The van der Waals surface area contributed by atoms with Gasteiger partial charge < -0.3 is 18.9 Å². The predicted molar refractivity (Wildman–Crippen MR) is 119 cm³/mol. The molecule has 1 unspecified atom stereocenters. The van der Waals surface area contributed by atoms with Gasteiger partial charge in [-0.2, -0.15) is 0 Å². The number of benzene rings is 2. The summed E-state index contributed by atoms with van der Waals surface area (Å²) in [5, 5.41) is 0. The van der Waals surface area contributed by atoms with Gasteiger partial charge in [-0.3, -0.25) is 9.80 Å². The van der Waals surface area contributed by atoms with E-state index in [1.807, 2.05) is 6.07 Å². The lowest BCUT2D eigenvalue weighted by Crippen LogP contribution is -2.35. The summed E-state index contributed by atoms with van der Waals surface area (Å²) in [4.78, 5) is 5.00. The van der Waals surface area contributed by atoms with Crippen molar-refractivity contribution in [2.24, 2.45) is 5.92 Å². The number of rotatable bonds is 6. The SMILES string of the molecule is CC(Cc1ccc2c(c1)OCO2)CN1CCOc2ccc(CN3CCOCC3)cc2C1. The van der Waals surface area contributed by atoms with Crippen LogP contribution in [0.15, 0.2) is 36.4 Å². The molecule has 0 saturated carbocycles. The molecule has 6 nitrogen and oxygen atoms in total. The lowest BCUT2D eigenvalue weighted by atomic mass is 9.99. The van der Waals surface area contributed by atoms with E-state index in [0.29, 0.717) is 12.7 Å². The third-order valence-corrected chi connectivity index (χ3v) is 6.28. The third kappa shape index (κ3) is 5.14. The van der Waals surface area contributed by atoms with E-state index < -0.39 is 0 Å². The highest BCUT2D eigenvalue weighted by Gasteiger charge is 2.20. The molecule has 3 heterocycles. The molecule has 0 bridgehead atoms. The first-order valence-corrected chi connectivity index (χ1v) is 11.4. The van der Waals surface area contributed by atoms with Crippen molar-refractivity contribution in [2.45, 2.75) is 26.4 Å². The maximum Gasteiger partial charge on any atom is 0.231 e. The van der Waals surface area contributed by atoms with Gasteiger partial charge in [0.15, 0.2) is 11.5 Å². The van der Waals surface area contributed by atoms with Crippen LogP contribution in [0.1, 0.15) is 23.6 Å². The van der Waals surface area contributed by atoms with Gasteiger partial charge in [-0.25, -0.2) is 0 Å². The van der Waals surface area contributed by atoms with E-state index in [-0.39, 0.29) is 0 Å². The van der Waals surface area contributed by atoms with E-state index in [9.17, 15) is 0 Å². The molecular weight excluding hydrogens is 392 g/mol. The van der Waals surface area contributed by atoms with Crippen molar-refractivity contribution in [1.29, 1.82) is 0 Å². The van der Waals surface area contributed by atoms with Crippen molar-refractivity contribution in [3.63, 3.8) is 0 Å². The summed E-state index contributed by atoms with van der Waals surface area (Å²) in [5.74, 6) is 3.30. The molecule has 0 spiro atoms. The largest absolute Gasteiger partial charge is 0.492 e. The van der Waals surface area contributed by atoms with Gasteiger partial charge in [-0.15, -0.1) is 0 Å². The zero-order valence-electron chi connectivity index (χ0n) is 18.3. The molecule has 3 aliphatic rings. The van der Waals surface area contributed by atoms with Gasteiger partial charge in [0.25, 0.3) is 0 Å². The number of hydrogen-bond acceptors (Lipinski definition) is 6. The minimum Gasteiger partial charge on any atom is -0.492 e. The summed E-state index contributed by atoms with van der Waals surface area (Å²) in [6.45, 7) is 11.0. The molecular formula is C25H32N2O4. The second kappa shape index (κ2) is 9.47. The van der Waals surface area contributed by atoms with Crippen LogP contribution in [0.25, 0.3) is 0 Å². The van der Waals surface area contributed by atoms with Crippen LogP contribution in [0.5, 0.6) is 17.2 Å². The summed E-state index contributed by atoms with van der Waals surface area (Å²) in [6.07, 6.45) is 1.03. The Balaban J connectivity index is 1.20.